The molecule has 1 amide bonds. The van der Waals surface area contributed by atoms with E-state index in [2.05, 4.69) is 10.5 Å². The summed E-state index contributed by atoms with van der Waals surface area (Å²) in [6.07, 6.45) is 3.13. The van der Waals surface area contributed by atoms with Gasteiger partial charge in [0.1, 0.15) is 18.2 Å². The Morgan fingerprint density at radius 2 is 1.94 bits per heavy atom. The SMILES string of the molecule is COc1cc(/C=C/C(=O)NC(C)c2ccc(F)cc2)ccc1OCc1c(C)noc1C. The molecule has 0 radical (unpaired) electrons. The summed E-state index contributed by atoms with van der Waals surface area (Å²) in [4.78, 5) is 12.2. The first-order valence-electron chi connectivity index (χ1n) is 9.84. The molecule has 3 aromatic rings. The highest BCUT2D eigenvalue weighted by atomic mass is 19.1. The number of ether oxygens (including phenoxy) is 2. The number of carbonyl (C=O) groups excluding carboxylic acids is 1. The Labute approximate surface area is 180 Å². The van der Waals surface area contributed by atoms with Gasteiger partial charge in [-0.15, -0.1) is 0 Å². The molecule has 0 aliphatic rings. The molecule has 0 bridgehead atoms. The van der Waals surface area contributed by atoms with Crippen LogP contribution in [0.1, 0.15) is 41.1 Å². The molecule has 0 saturated heterocycles. The number of rotatable bonds is 8. The van der Waals surface area contributed by atoms with Crippen LogP contribution in [-0.2, 0) is 11.4 Å². The number of aromatic nitrogens is 1. The van der Waals surface area contributed by atoms with Gasteiger partial charge < -0.3 is 19.3 Å². The number of carbonyl (C=O) groups is 1. The Kier molecular flexibility index (Phi) is 7.07. The second-order valence-corrected chi connectivity index (χ2v) is 7.12. The van der Waals surface area contributed by atoms with E-state index in [0.717, 1.165) is 28.1 Å². The summed E-state index contributed by atoms with van der Waals surface area (Å²) in [6.45, 7) is 5.86. The molecule has 6 nitrogen and oxygen atoms in total. The second-order valence-electron chi connectivity index (χ2n) is 7.12. The molecule has 7 heteroatoms. The lowest BCUT2D eigenvalue weighted by Gasteiger charge is -2.13. The highest BCUT2D eigenvalue weighted by Gasteiger charge is 2.12. The Balaban J connectivity index is 1.62. The minimum Gasteiger partial charge on any atom is -0.493 e. The predicted octanol–water partition coefficient (Wildman–Crippen LogP) is 4.91. The van der Waals surface area contributed by atoms with Crippen LogP contribution in [0, 0.1) is 19.7 Å². The normalized spacial score (nSPS) is 12.0. The second kappa shape index (κ2) is 9.93. The maximum atomic E-state index is 13.0. The van der Waals surface area contributed by atoms with Gasteiger partial charge in [0.05, 0.1) is 24.4 Å². The number of hydrogen-bond donors (Lipinski definition) is 1. The van der Waals surface area contributed by atoms with E-state index >= 15 is 0 Å². The van der Waals surface area contributed by atoms with Crippen LogP contribution >= 0.6 is 0 Å². The quantitative estimate of drug-likeness (QED) is 0.520. The van der Waals surface area contributed by atoms with E-state index in [1.54, 1.807) is 37.5 Å². The van der Waals surface area contributed by atoms with Gasteiger partial charge in [0.25, 0.3) is 0 Å². The lowest BCUT2D eigenvalue weighted by Crippen LogP contribution is -2.24. The third-order valence-corrected chi connectivity index (χ3v) is 4.90. The lowest BCUT2D eigenvalue weighted by molar-refractivity contribution is -0.117. The van der Waals surface area contributed by atoms with Crippen LogP contribution in [0.25, 0.3) is 6.08 Å². The van der Waals surface area contributed by atoms with Crippen LogP contribution in [0.15, 0.2) is 53.1 Å². The van der Waals surface area contributed by atoms with Crippen molar-refractivity contribution < 1.29 is 23.2 Å². The molecular weight excluding hydrogens is 399 g/mol. The van der Waals surface area contributed by atoms with Crippen LogP contribution in [0.5, 0.6) is 11.5 Å². The van der Waals surface area contributed by atoms with Crippen molar-refractivity contribution in [2.75, 3.05) is 7.11 Å². The third-order valence-electron chi connectivity index (χ3n) is 4.90. The van der Waals surface area contributed by atoms with Gasteiger partial charge in [0, 0.05) is 6.08 Å². The van der Waals surface area contributed by atoms with Gasteiger partial charge >= 0.3 is 0 Å². The molecule has 1 aromatic heterocycles. The number of methoxy groups -OCH3 is 1. The summed E-state index contributed by atoms with van der Waals surface area (Å²) in [5.41, 5.74) is 3.30. The van der Waals surface area contributed by atoms with Crippen molar-refractivity contribution >= 4 is 12.0 Å². The molecule has 3 rings (SSSR count). The molecule has 1 unspecified atom stereocenters. The number of amides is 1. The molecule has 1 N–H and O–H groups in total. The molecule has 0 spiro atoms. The Morgan fingerprint density at radius 3 is 2.58 bits per heavy atom. The van der Waals surface area contributed by atoms with Crippen LogP contribution in [-0.4, -0.2) is 18.2 Å². The molecule has 162 valence electrons. The largest absolute Gasteiger partial charge is 0.493 e. The molecule has 0 aliphatic carbocycles. The summed E-state index contributed by atoms with van der Waals surface area (Å²) in [6, 6.07) is 11.2. The highest BCUT2D eigenvalue weighted by Crippen LogP contribution is 2.30. The van der Waals surface area contributed by atoms with Gasteiger partial charge in [-0.2, -0.15) is 0 Å². The summed E-state index contributed by atoms with van der Waals surface area (Å²) in [7, 11) is 1.56. The molecule has 31 heavy (non-hydrogen) atoms. The zero-order chi connectivity index (χ0) is 22.4. The zero-order valence-electron chi connectivity index (χ0n) is 17.9. The van der Waals surface area contributed by atoms with Gasteiger partial charge in [-0.05, 0) is 62.2 Å². The van der Waals surface area contributed by atoms with Crippen molar-refractivity contribution in [2.24, 2.45) is 0 Å². The van der Waals surface area contributed by atoms with Crippen molar-refractivity contribution in [2.45, 2.75) is 33.4 Å². The molecule has 2 aromatic carbocycles. The van der Waals surface area contributed by atoms with Crippen molar-refractivity contribution in [1.29, 1.82) is 0 Å². The fourth-order valence-corrected chi connectivity index (χ4v) is 3.03. The van der Waals surface area contributed by atoms with Gasteiger partial charge in [-0.25, -0.2) is 4.39 Å². The van der Waals surface area contributed by atoms with Crippen molar-refractivity contribution in [3.63, 3.8) is 0 Å². The van der Waals surface area contributed by atoms with Gasteiger partial charge in [-0.3, -0.25) is 4.79 Å². The van der Waals surface area contributed by atoms with E-state index in [9.17, 15) is 9.18 Å². The van der Waals surface area contributed by atoms with Crippen molar-refractivity contribution in [3.8, 4) is 11.5 Å². The summed E-state index contributed by atoms with van der Waals surface area (Å²) in [5, 5.41) is 6.77. The predicted molar refractivity (Wildman–Crippen MR) is 115 cm³/mol. The van der Waals surface area contributed by atoms with Crippen LogP contribution in [0.3, 0.4) is 0 Å². The zero-order valence-corrected chi connectivity index (χ0v) is 17.9. The highest BCUT2D eigenvalue weighted by molar-refractivity contribution is 5.92. The monoisotopic (exact) mass is 424 g/mol. The Morgan fingerprint density at radius 1 is 1.19 bits per heavy atom. The van der Waals surface area contributed by atoms with E-state index < -0.39 is 0 Å². The first-order chi connectivity index (χ1) is 14.9. The summed E-state index contributed by atoms with van der Waals surface area (Å²) < 4.78 is 29.5. The number of hydrogen-bond acceptors (Lipinski definition) is 5. The number of halogens is 1. The number of nitrogens with one attached hydrogen (secondary N) is 1. The first-order valence-corrected chi connectivity index (χ1v) is 9.84. The fraction of sp³-hybridized carbons (Fsp3) is 0.250. The number of benzene rings is 2. The molecule has 0 fully saturated rings. The van der Waals surface area contributed by atoms with E-state index in [1.165, 1.54) is 18.2 Å². The topological polar surface area (TPSA) is 73.6 Å². The molecule has 0 saturated carbocycles. The molecular formula is C24H25FN2O4. The van der Waals surface area contributed by atoms with Crippen LogP contribution in [0.2, 0.25) is 0 Å². The van der Waals surface area contributed by atoms with Gasteiger partial charge in [0.2, 0.25) is 5.91 Å². The van der Waals surface area contributed by atoms with Crippen LogP contribution in [0.4, 0.5) is 4.39 Å². The molecule has 1 heterocycles. The average Bonchev–Trinajstić information content (AvgIpc) is 3.08. The minimum atomic E-state index is -0.310. The molecule has 1 atom stereocenters. The Bertz CT molecular complexity index is 1050. The van der Waals surface area contributed by atoms with E-state index in [1.807, 2.05) is 26.8 Å². The smallest absolute Gasteiger partial charge is 0.244 e. The number of aryl methyl sites for hydroxylation is 2. The maximum Gasteiger partial charge on any atom is 0.244 e. The van der Waals surface area contributed by atoms with Crippen LogP contribution < -0.4 is 14.8 Å². The standard InChI is InChI=1S/C24H25FN2O4/c1-15(19-7-9-20(25)10-8-19)26-24(28)12-6-18-5-11-22(23(13-18)29-4)30-14-21-16(2)27-31-17(21)3/h5-13,15H,14H2,1-4H3,(H,26,28)/b12-6+. The van der Waals surface area contributed by atoms with E-state index in [4.69, 9.17) is 14.0 Å². The van der Waals surface area contributed by atoms with Gasteiger partial charge in [-0.1, -0.05) is 23.4 Å². The van der Waals surface area contributed by atoms with E-state index in [0.29, 0.717) is 18.1 Å². The van der Waals surface area contributed by atoms with Crippen molar-refractivity contribution in [1.82, 2.24) is 10.5 Å². The van der Waals surface area contributed by atoms with Gasteiger partial charge in [0.15, 0.2) is 11.5 Å². The fourth-order valence-electron chi connectivity index (χ4n) is 3.03. The lowest BCUT2D eigenvalue weighted by atomic mass is 10.1. The Hall–Kier alpha value is -3.61. The summed E-state index contributed by atoms with van der Waals surface area (Å²) >= 11 is 0. The average molecular weight is 424 g/mol. The van der Waals surface area contributed by atoms with Crippen molar-refractivity contribution in [3.05, 3.63) is 82.5 Å². The third kappa shape index (κ3) is 5.72. The maximum absolute atomic E-state index is 13.0. The summed E-state index contributed by atoms with van der Waals surface area (Å²) in [5.74, 6) is 1.28. The molecule has 0 aliphatic heterocycles. The minimum absolute atomic E-state index is 0.243. The van der Waals surface area contributed by atoms with E-state index in [-0.39, 0.29) is 17.8 Å². The first kappa shape index (κ1) is 22.1. The number of nitrogens with zero attached hydrogens (tertiary/aromatic N) is 1.